The maximum Gasteiger partial charge on any atom is 0.387 e. The Labute approximate surface area is 138 Å². The summed E-state index contributed by atoms with van der Waals surface area (Å²) in [5.41, 5.74) is 2.05. The van der Waals surface area contributed by atoms with E-state index in [1.165, 1.54) is 12.1 Å². The van der Waals surface area contributed by atoms with Crippen molar-refractivity contribution >= 4 is 59.1 Å². The number of ether oxygens (including phenoxy) is 1. The zero-order chi connectivity index (χ0) is 14.0. The average Bonchev–Trinajstić information content (AvgIpc) is 2.68. The minimum Gasteiger partial charge on any atom is -0.435 e. The molecular weight excluding hydrogens is 470 g/mol. The fourth-order valence-corrected chi connectivity index (χ4v) is 5.55. The van der Waals surface area contributed by atoms with Gasteiger partial charge in [-0.1, -0.05) is 28.1 Å². The molecule has 0 aliphatic heterocycles. The van der Waals surface area contributed by atoms with Crippen molar-refractivity contribution in [3.05, 3.63) is 49.0 Å². The predicted molar refractivity (Wildman–Crippen MR) is 83.6 cm³/mol. The number of benzene rings is 1. The van der Waals surface area contributed by atoms with Crippen LogP contribution in [-0.2, 0) is 0 Å². The van der Waals surface area contributed by atoms with Gasteiger partial charge in [0, 0.05) is 0 Å². The van der Waals surface area contributed by atoms with Gasteiger partial charge in [-0.25, -0.2) is 0 Å². The van der Waals surface area contributed by atoms with Crippen LogP contribution in [-0.4, -0.2) is 6.61 Å². The topological polar surface area (TPSA) is 9.23 Å². The highest BCUT2D eigenvalue weighted by molar-refractivity contribution is 9.12. The molecule has 102 valence electrons. The van der Waals surface area contributed by atoms with Crippen LogP contribution in [0.4, 0.5) is 8.78 Å². The van der Waals surface area contributed by atoms with Gasteiger partial charge >= 0.3 is 6.61 Å². The Balaban J connectivity index is 2.20. The normalized spacial score (nSPS) is 12.7. The van der Waals surface area contributed by atoms with E-state index in [1.807, 2.05) is 6.07 Å². The molecule has 2 rings (SSSR count). The van der Waals surface area contributed by atoms with Crippen LogP contribution in [0.25, 0.3) is 0 Å². The summed E-state index contributed by atoms with van der Waals surface area (Å²) < 4.78 is 30.5. The highest BCUT2D eigenvalue weighted by Crippen LogP contribution is 2.42. The first-order valence-electron chi connectivity index (χ1n) is 5.11. The fourth-order valence-electron chi connectivity index (χ4n) is 1.52. The number of alkyl halides is 3. The number of rotatable bonds is 4. The van der Waals surface area contributed by atoms with Crippen LogP contribution < -0.4 is 4.74 Å². The van der Waals surface area contributed by atoms with Crippen molar-refractivity contribution in [3.8, 4) is 5.75 Å². The lowest BCUT2D eigenvalue weighted by atomic mass is 10.1. The van der Waals surface area contributed by atoms with Crippen LogP contribution in [0.15, 0.2) is 37.9 Å². The molecule has 0 fully saturated rings. The van der Waals surface area contributed by atoms with Crippen LogP contribution in [0.1, 0.15) is 16.0 Å². The van der Waals surface area contributed by atoms with E-state index in [0.717, 1.165) is 18.7 Å². The predicted octanol–water partition coefficient (Wildman–Crippen LogP) is 6.36. The molecule has 0 saturated carbocycles. The quantitative estimate of drug-likeness (QED) is 0.467. The Hall–Kier alpha value is 0.0200. The summed E-state index contributed by atoms with van der Waals surface area (Å²) in [6, 6.07) is 8.60. The van der Waals surface area contributed by atoms with Gasteiger partial charge in [-0.15, -0.1) is 11.3 Å². The molecule has 0 aliphatic carbocycles. The molecule has 0 saturated heterocycles. The van der Waals surface area contributed by atoms with Crippen LogP contribution in [0.3, 0.4) is 0 Å². The fraction of sp³-hybridized carbons (Fsp3) is 0.167. The van der Waals surface area contributed by atoms with Gasteiger partial charge in [-0.05, 0) is 61.2 Å². The van der Waals surface area contributed by atoms with Crippen molar-refractivity contribution < 1.29 is 13.5 Å². The monoisotopic (exact) mass is 474 g/mol. The van der Waals surface area contributed by atoms with Crippen LogP contribution in [0.5, 0.6) is 5.75 Å². The summed E-state index contributed by atoms with van der Waals surface area (Å²) in [5, 5.41) is 0. The molecule has 1 heterocycles. The smallest absolute Gasteiger partial charge is 0.387 e. The number of halogens is 5. The van der Waals surface area contributed by atoms with E-state index in [9.17, 15) is 8.78 Å². The molecule has 0 amide bonds. The summed E-state index contributed by atoms with van der Waals surface area (Å²) >= 11 is 12.1. The Morgan fingerprint density at radius 1 is 1.11 bits per heavy atom. The maximum absolute atomic E-state index is 12.1. The molecule has 0 spiro atoms. The van der Waals surface area contributed by atoms with Crippen molar-refractivity contribution in [2.45, 2.75) is 11.4 Å². The first-order valence-corrected chi connectivity index (χ1v) is 8.42. The Bertz CT molecular complexity index is 557. The van der Waals surface area contributed by atoms with Gasteiger partial charge < -0.3 is 4.74 Å². The lowest BCUT2D eigenvalue weighted by Gasteiger charge is -2.11. The van der Waals surface area contributed by atoms with Crippen LogP contribution >= 0.6 is 59.1 Å². The lowest BCUT2D eigenvalue weighted by molar-refractivity contribution is -0.0498. The minimum atomic E-state index is -2.80. The molecule has 19 heavy (non-hydrogen) atoms. The zero-order valence-corrected chi connectivity index (χ0v) is 14.8. The highest BCUT2D eigenvalue weighted by atomic mass is 79.9. The summed E-state index contributed by atoms with van der Waals surface area (Å²) in [6.07, 6.45) is 0. The van der Waals surface area contributed by atoms with Gasteiger partial charge in [0.15, 0.2) is 0 Å². The third kappa shape index (κ3) is 4.00. The van der Waals surface area contributed by atoms with E-state index in [1.54, 1.807) is 23.5 Å². The molecule has 0 aliphatic rings. The Kier molecular flexibility index (Phi) is 5.39. The molecule has 7 heteroatoms. The standard InChI is InChI=1S/C12H7Br3F2OS/c13-9-5-8(11(15)19-9)10(14)6-1-3-7(4-2-6)18-12(16)17/h1-5,10,12H. The molecule has 0 radical (unpaired) electrons. The summed E-state index contributed by atoms with van der Waals surface area (Å²) in [5.74, 6) is 0.156. The minimum absolute atomic E-state index is 0.00924. The van der Waals surface area contributed by atoms with Crippen molar-refractivity contribution in [1.82, 2.24) is 0 Å². The Morgan fingerprint density at radius 2 is 1.74 bits per heavy atom. The highest BCUT2D eigenvalue weighted by Gasteiger charge is 2.16. The van der Waals surface area contributed by atoms with Gasteiger partial charge in [0.2, 0.25) is 0 Å². The van der Waals surface area contributed by atoms with Gasteiger partial charge in [0.1, 0.15) is 5.75 Å². The first-order chi connectivity index (χ1) is 8.97. The average molecular weight is 477 g/mol. The van der Waals surface area contributed by atoms with E-state index in [4.69, 9.17) is 0 Å². The van der Waals surface area contributed by atoms with Gasteiger partial charge in [0.25, 0.3) is 0 Å². The summed E-state index contributed by atoms with van der Waals surface area (Å²) in [7, 11) is 0. The van der Waals surface area contributed by atoms with E-state index in [0.29, 0.717) is 0 Å². The van der Waals surface area contributed by atoms with E-state index < -0.39 is 6.61 Å². The SMILES string of the molecule is FC(F)Oc1ccc(C(Br)c2cc(Br)sc2Br)cc1. The summed E-state index contributed by atoms with van der Waals surface area (Å²) in [4.78, 5) is -0.00924. The van der Waals surface area contributed by atoms with Gasteiger partial charge in [-0.3, -0.25) is 0 Å². The second-order valence-electron chi connectivity index (χ2n) is 3.59. The molecule has 1 aromatic heterocycles. The van der Waals surface area contributed by atoms with Gasteiger partial charge in [-0.2, -0.15) is 8.78 Å². The van der Waals surface area contributed by atoms with E-state index in [2.05, 4.69) is 52.5 Å². The maximum atomic E-state index is 12.1. The van der Waals surface area contributed by atoms with E-state index >= 15 is 0 Å². The molecule has 1 unspecified atom stereocenters. The van der Waals surface area contributed by atoms with Crippen LogP contribution in [0, 0.1) is 0 Å². The third-order valence-corrected chi connectivity index (χ3v) is 5.76. The van der Waals surface area contributed by atoms with Gasteiger partial charge in [0.05, 0.1) is 12.4 Å². The second-order valence-corrected chi connectivity index (χ2v) is 8.25. The number of thiophene rings is 1. The third-order valence-electron chi connectivity index (χ3n) is 2.35. The molecule has 2 aromatic rings. The van der Waals surface area contributed by atoms with Crippen molar-refractivity contribution in [3.63, 3.8) is 0 Å². The van der Waals surface area contributed by atoms with Crippen molar-refractivity contribution in [1.29, 1.82) is 0 Å². The molecule has 0 bridgehead atoms. The van der Waals surface area contributed by atoms with Crippen molar-refractivity contribution in [2.24, 2.45) is 0 Å². The second kappa shape index (κ2) is 6.65. The van der Waals surface area contributed by atoms with Crippen LogP contribution in [0.2, 0.25) is 0 Å². The molecule has 1 aromatic carbocycles. The summed E-state index contributed by atoms with van der Waals surface area (Å²) in [6.45, 7) is -2.80. The first kappa shape index (κ1) is 15.4. The molecule has 0 N–H and O–H groups in total. The molecular formula is C12H7Br3F2OS. The zero-order valence-electron chi connectivity index (χ0n) is 9.25. The molecule has 1 nitrogen and oxygen atoms in total. The molecule has 1 atom stereocenters. The lowest BCUT2D eigenvalue weighted by Crippen LogP contribution is -2.02. The number of hydrogen-bond acceptors (Lipinski definition) is 2. The Morgan fingerprint density at radius 3 is 2.21 bits per heavy atom. The van der Waals surface area contributed by atoms with Crippen molar-refractivity contribution in [2.75, 3.05) is 0 Å². The van der Waals surface area contributed by atoms with E-state index in [-0.39, 0.29) is 10.6 Å². The largest absolute Gasteiger partial charge is 0.435 e. The number of hydrogen-bond donors (Lipinski definition) is 0.